The number of hydrogen-bond donors (Lipinski definition) is 2. The number of aliphatic hydroxyl groups is 1. The Bertz CT molecular complexity index is 787. The zero-order chi connectivity index (χ0) is 16.9. The van der Waals surface area contributed by atoms with Gasteiger partial charge in [0.15, 0.2) is 0 Å². The van der Waals surface area contributed by atoms with Crippen molar-refractivity contribution in [2.75, 3.05) is 6.54 Å². The Morgan fingerprint density at radius 3 is 2.58 bits per heavy atom. The molecule has 2 N–H and O–H groups in total. The molecular formula is C18H19FN4O. The van der Waals surface area contributed by atoms with Gasteiger partial charge in [-0.3, -0.25) is 9.67 Å². The molecule has 0 aliphatic carbocycles. The van der Waals surface area contributed by atoms with E-state index in [1.54, 1.807) is 29.2 Å². The second-order valence-corrected chi connectivity index (χ2v) is 5.61. The van der Waals surface area contributed by atoms with Gasteiger partial charge in [-0.25, -0.2) is 4.39 Å². The fourth-order valence-electron chi connectivity index (χ4n) is 2.57. The van der Waals surface area contributed by atoms with Gasteiger partial charge in [-0.15, -0.1) is 0 Å². The van der Waals surface area contributed by atoms with E-state index in [-0.39, 0.29) is 5.82 Å². The first kappa shape index (κ1) is 16.3. The van der Waals surface area contributed by atoms with Crippen molar-refractivity contribution in [1.82, 2.24) is 20.1 Å². The number of benzene rings is 1. The molecule has 0 aliphatic heterocycles. The van der Waals surface area contributed by atoms with Crippen LogP contribution >= 0.6 is 0 Å². The fraction of sp³-hybridized carbons (Fsp3) is 0.222. The maximum Gasteiger partial charge on any atom is 0.123 e. The zero-order valence-corrected chi connectivity index (χ0v) is 13.4. The van der Waals surface area contributed by atoms with Crippen molar-refractivity contribution in [3.8, 4) is 11.3 Å². The Kier molecular flexibility index (Phi) is 4.98. The molecule has 2 heterocycles. The van der Waals surface area contributed by atoms with Gasteiger partial charge in [-0.05, 0) is 29.8 Å². The van der Waals surface area contributed by atoms with E-state index in [1.165, 1.54) is 12.1 Å². The van der Waals surface area contributed by atoms with Crippen LogP contribution in [0.2, 0.25) is 0 Å². The molecule has 0 bridgehead atoms. The highest BCUT2D eigenvalue weighted by Gasteiger charge is 2.11. The quantitative estimate of drug-likeness (QED) is 0.730. The molecule has 0 radical (unpaired) electrons. The van der Waals surface area contributed by atoms with Crippen molar-refractivity contribution in [2.45, 2.75) is 12.6 Å². The number of halogens is 1. The first-order chi connectivity index (χ1) is 11.6. The van der Waals surface area contributed by atoms with Crippen molar-refractivity contribution in [2.24, 2.45) is 7.05 Å². The largest absolute Gasteiger partial charge is 0.387 e. The van der Waals surface area contributed by atoms with E-state index < -0.39 is 6.10 Å². The number of aromatic nitrogens is 3. The van der Waals surface area contributed by atoms with Gasteiger partial charge in [0, 0.05) is 49.9 Å². The molecule has 1 unspecified atom stereocenters. The lowest BCUT2D eigenvalue weighted by atomic mass is 10.1. The van der Waals surface area contributed by atoms with E-state index in [2.05, 4.69) is 15.4 Å². The summed E-state index contributed by atoms with van der Waals surface area (Å²) in [7, 11) is 1.88. The summed E-state index contributed by atoms with van der Waals surface area (Å²) in [6.45, 7) is 0.945. The lowest BCUT2D eigenvalue weighted by Crippen LogP contribution is -2.21. The normalized spacial score (nSPS) is 12.3. The van der Waals surface area contributed by atoms with Gasteiger partial charge in [0.2, 0.25) is 0 Å². The molecule has 24 heavy (non-hydrogen) atoms. The monoisotopic (exact) mass is 326 g/mol. The van der Waals surface area contributed by atoms with Crippen LogP contribution in [0.4, 0.5) is 4.39 Å². The first-order valence-electron chi connectivity index (χ1n) is 7.70. The van der Waals surface area contributed by atoms with Crippen LogP contribution in [0.15, 0.2) is 55.0 Å². The van der Waals surface area contributed by atoms with E-state index in [4.69, 9.17) is 0 Å². The number of hydrogen-bond acceptors (Lipinski definition) is 4. The average molecular weight is 326 g/mol. The van der Waals surface area contributed by atoms with E-state index in [1.807, 2.05) is 25.4 Å². The Hall–Kier alpha value is -2.57. The van der Waals surface area contributed by atoms with Gasteiger partial charge >= 0.3 is 0 Å². The molecule has 1 aromatic carbocycles. The van der Waals surface area contributed by atoms with Crippen LogP contribution in [0.1, 0.15) is 17.2 Å². The molecule has 3 rings (SSSR count). The molecule has 5 nitrogen and oxygen atoms in total. The highest BCUT2D eigenvalue weighted by Crippen LogP contribution is 2.21. The van der Waals surface area contributed by atoms with Crippen molar-refractivity contribution >= 4 is 0 Å². The SMILES string of the molecule is Cn1cc(CNCC(O)c2ccc(F)cc2)c(-c2ccncc2)n1. The first-order valence-corrected chi connectivity index (χ1v) is 7.70. The number of nitrogens with one attached hydrogen (secondary N) is 1. The molecule has 6 heteroatoms. The van der Waals surface area contributed by atoms with Gasteiger partial charge in [0.05, 0.1) is 11.8 Å². The number of aryl methyl sites for hydroxylation is 1. The van der Waals surface area contributed by atoms with Crippen LogP contribution in [-0.4, -0.2) is 26.4 Å². The summed E-state index contributed by atoms with van der Waals surface area (Å²) in [6, 6.07) is 9.71. The van der Waals surface area contributed by atoms with E-state index in [0.717, 1.165) is 16.8 Å². The third-order valence-electron chi connectivity index (χ3n) is 3.77. The number of aliphatic hydroxyl groups excluding tert-OH is 1. The molecule has 1 atom stereocenters. The predicted octanol–water partition coefficient (Wildman–Crippen LogP) is 2.44. The van der Waals surface area contributed by atoms with Gasteiger partial charge in [-0.1, -0.05) is 12.1 Å². The van der Waals surface area contributed by atoms with Crippen molar-refractivity contribution in [3.63, 3.8) is 0 Å². The zero-order valence-electron chi connectivity index (χ0n) is 13.4. The van der Waals surface area contributed by atoms with Crippen molar-refractivity contribution < 1.29 is 9.50 Å². The lowest BCUT2D eigenvalue weighted by Gasteiger charge is -2.12. The smallest absolute Gasteiger partial charge is 0.123 e. The standard InChI is InChI=1S/C18H19FN4O/c1-23-12-15(18(22-23)14-6-8-20-9-7-14)10-21-11-17(24)13-2-4-16(19)5-3-13/h2-9,12,17,21,24H,10-11H2,1H3. The average Bonchev–Trinajstić information content (AvgIpc) is 2.97. The molecule has 124 valence electrons. The number of nitrogens with zero attached hydrogens (tertiary/aromatic N) is 3. The Labute approximate surface area is 139 Å². The maximum absolute atomic E-state index is 12.9. The summed E-state index contributed by atoms with van der Waals surface area (Å²) >= 11 is 0. The lowest BCUT2D eigenvalue weighted by molar-refractivity contribution is 0.174. The Morgan fingerprint density at radius 1 is 1.17 bits per heavy atom. The molecule has 0 fully saturated rings. The van der Waals surface area contributed by atoms with Crippen LogP contribution in [0.25, 0.3) is 11.3 Å². The molecule has 0 saturated carbocycles. The summed E-state index contributed by atoms with van der Waals surface area (Å²) in [5.41, 5.74) is 3.62. The van der Waals surface area contributed by atoms with Gasteiger partial charge in [-0.2, -0.15) is 5.10 Å². The molecule has 3 aromatic rings. The van der Waals surface area contributed by atoms with E-state index in [9.17, 15) is 9.50 Å². The van der Waals surface area contributed by atoms with Gasteiger partial charge < -0.3 is 10.4 Å². The maximum atomic E-state index is 12.9. The predicted molar refractivity (Wildman–Crippen MR) is 89.5 cm³/mol. The minimum atomic E-state index is -0.688. The highest BCUT2D eigenvalue weighted by molar-refractivity contribution is 5.61. The Morgan fingerprint density at radius 2 is 1.88 bits per heavy atom. The minimum absolute atomic E-state index is 0.309. The van der Waals surface area contributed by atoms with Gasteiger partial charge in [0.1, 0.15) is 5.82 Å². The summed E-state index contributed by atoms with van der Waals surface area (Å²) in [5.74, 6) is -0.309. The summed E-state index contributed by atoms with van der Waals surface area (Å²) in [4.78, 5) is 4.02. The fourth-order valence-corrected chi connectivity index (χ4v) is 2.57. The second kappa shape index (κ2) is 7.33. The van der Waals surface area contributed by atoms with Crippen molar-refractivity contribution in [1.29, 1.82) is 0 Å². The highest BCUT2D eigenvalue weighted by atomic mass is 19.1. The summed E-state index contributed by atoms with van der Waals surface area (Å²) < 4.78 is 14.7. The number of rotatable bonds is 6. The molecule has 0 saturated heterocycles. The molecule has 0 spiro atoms. The van der Waals surface area contributed by atoms with E-state index in [0.29, 0.717) is 18.7 Å². The molecule has 0 amide bonds. The van der Waals surface area contributed by atoms with Crippen molar-refractivity contribution in [3.05, 3.63) is 71.9 Å². The molecule has 2 aromatic heterocycles. The molecule has 0 aliphatic rings. The summed E-state index contributed by atoms with van der Waals surface area (Å²) in [5, 5.41) is 17.9. The van der Waals surface area contributed by atoms with Crippen LogP contribution < -0.4 is 5.32 Å². The van der Waals surface area contributed by atoms with Crippen LogP contribution in [0, 0.1) is 5.82 Å². The number of pyridine rings is 1. The Balaban J connectivity index is 1.64. The second-order valence-electron chi connectivity index (χ2n) is 5.61. The minimum Gasteiger partial charge on any atom is -0.387 e. The van der Waals surface area contributed by atoms with E-state index >= 15 is 0 Å². The van der Waals surface area contributed by atoms with Crippen LogP contribution in [0.3, 0.4) is 0 Å². The van der Waals surface area contributed by atoms with Crippen LogP contribution in [0.5, 0.6) is 0 Å². The third kappa shape index (κ3) is 3.84. The topological polar surface area (TPSA) is 63.0 Å². The van der Waals surface area contributed by atoms with Crippen LogP contribution in [-0.2, 0) is 13.6 Å². The summed E-state index contributed by atoms with van der Waals surface area (Å²) in [6.07, 6.45) is 4.73. The van der Waals surface area contributed by atoms with Gasteiger partial charge in [0.25, 0.3) is 0 Å². The third-order valence-corrected chi connectivity index (χ3v) is 3.77. The molecular weight excluding hydrogens is 307 g/mol.